The highest BCUT2D eigenvalue weighted by Gasteiger charge is 2.23. The Balaban J connectivity index is 1.52. The Morgan fingerprint density at radius 1 is 0.833 bits per heavy atom. The molecule has 0 unspecified atom stereocenters. The highest BCUT2D eigenvalue weighted by atomic mass is 14.3. The molecule has 0 heterocycles. The molecule has 136 valence electrons. The highest BCUT2D eigenvalue weighted by molar-refractivity contribution is 4.91. The quantitative estimate of drug-likeness (QED) is 0.319. The Morgan fingerprint density at radius 2 is 1.46 bits per heavy atom. The lowest BCUT2D eigenvalue weighted by molar-refractivity contribution is 0.242. The van der Waals surface area contributed by atoms with Crippen LogP contribution >= 0.6 is 0 Å². The topological polar surface area (TPSA) is 23.8 Å². The molecule has 24 heavy (non-hydrogen) atoms. The second-order valence-corrected chi connectivity index (χ2v) is 8.48. The summed E-state index contributed by atoms with van der Waals surface area (Å²) in [4.78, 5) is 0. The van der Waals surface area contributed by atoms with Gasteiger partial charge in [-0.15, -0.1) is 0 Å². The molecule has 2 aliphatic rings. The van der Waals surface area contributed by atoms with Crippen molar-refractivity contribution in [3.8, 4) is 6.07 Å². The number of nitriles is 1. The molecule has 1 heteroatoms. The Morgan fingerprint density at radius 3 is 2.04 bits per heavy atom. The predicted octanol–water partition coefficient (Wildman–Crippen LogP) is 7.43. The molecular weight excluding hydrogens is 290 g/mol. The van der Waals surface area contributed by atoms with Crippen molar-refractivity contribution < 1.29 is 0 Å². The molecule has 2 fully saturated rings. The van der Waals surface area contributed by atoms with Gasteiger partial charge in [0.2, 0.25) is 0 Å². The molecule has 0 spiro atoms. The van der Waals surface area contributed by atoms with E-state index in [4.69, 9.17) is 5.26 Å². The first-order valence-corrected chi connectivity index (χ1v) is 10.9. The molecular formula is C23H39N. The van der Waals surface area contributed by atoms with E-state index >= 15 is 0 Å². The molecule has 2 saturated carbocycles. The first kappa shape index (κ1) is 19.6. The van der Waals surface area contributed by atoms with Crippen LogP contribution in [0.3, 0.4) is 0 Å². The zero-order chi connectivity index (χ0) is 17.0. The molecule has 0 amide bonds. The fourth-order valence-corrected chi connectivity index (χ4v) is 4.70. The van der Waals surface area contributed by atoms with Crippen LogP contribution < -0.4 is 0 Å². The number of hydrogen-bond donors (Lipinski definition) is 0. The third-order valence-corrected chi connectivity index (χ3v) is 6.54. The van der Waals surface area contributed by atoms with Gasteiger partial charge in [0.15, 0.2) is 0 Å². The SMILES string of the molecule is CCCCCC/C=C/[C@H]1CC[C@H](CC[C@H]2CC[C@H](C#N)CC2)CC1. The van der Waals surface area contributed by atoms with Gasteiger partial charge in [0.1, 0.15) is 0 Å². The lowest BCUT2D eigenvalue weighted by Crippen LogP contribution is -2.17. The number of nitrogens with zero attached hydrogens (tertiary/aromatic N) is 1. The monoisotopic (exact) mass is 329 g/mol. The van der Waals surface area contributed by atoms with Crippen LogP contribution in [0, 0.1) is 35.0 Å². The van der Waals surface area contributed by atoms with Crippen molar-refractivity contribution >= 4 is 0 Å². The van der Waals surface area contributed by atoms with Gasteiger partial charge in [0.05, 0.1) is 6.07 Å². The minimum Gasteiger partial charge on any atom is -0.198 e. The zero-order valence-corrected chi connectivity index (χ0v) is 16.0. The largest absolute Gasteiger partial charge is 0.198 e. The minimum absolute atomic E-state index is 0.366. The molecule has 0 aromatic heterocycles. The summed E-state index contributed by atoms with van der Waals surface area (Å²) in [7, 11) is 0. The summed E-state index contributed by atoms with van der Waals surface area (Å²) in [6.45, 7) is 2.28. The van der Waals surface area contributed by atoms with Crippen LogP contribution in [-0.4, -0.2) is 0 Å². The first-order valence-electron chi connectivity index (χ1n) is 10.9. The molecule has 0 radical (unpaired) electrons. The van der Waals surface area contributed by atoms with Crippen molar-refractivity contribution in [1.82, 2.24) is 0 Å². The third-order valence-electron chi connectivity index (χ3n) is 6.54. The van der Waals surface area contributed by atoms with Crippen molar-refractivity contribution in [2.24, 2.45) is 23.7 Å². The Bertz CT molecular complexity index is 375. The van der Waals surface area contributed by atoms with Crippen LogP contribution in [0.1, 0.15) is 103 Å². The molecule has 0 bridgehead atoms. The average molecular weight is 330 g/mol. The van der Waals surface area contributed by atoms with E-state index in [-0.39, 0.29) is 0 Å². The van der Waals surface area contributed by atoms with Crippen LogP contribution in [-0.2, 0) is 0 Å². The van der Waals surface area contributed by atoms with Crippen LogP contribution in [0.15, 0.2) is 12.2 Å². The fraction of sp³-hybridized carbons (Fsp3) is 0.870. The van der Waals surface area contributed by atoms with Gasteiger partial charge in [-0.3, -0.25) is 0 Å². The summed E-state index contributed by atoms with van der Waals surface area (Å²) in [6, 6.07) is 2.46. The second-order valence-electron chi connectivity index (χ2n) is 8.48. The van der Waals surface area contributed by atoms with Crippen LogP contribution in [0.25, 0.3) is 0 Å². The predicted molar refractivity (Wildman–Crippen MR) is 104 cm³/mol. The van der Waals surface area contributed by atoms with Gasteiger partial charge in [-0.25, -0.2) is 0 Å². The maximum Gasteiger partial charge on any atom is 0.0655 e. The summed E-state index contributed by atoms with van der Waals surface area (Å²) in [6.07, 6.45) is 25.4. The molecule has 0 aromatic rings. The molecule has 2 rings (SSSR count). The lowest BCUT2D eigenvalue weighted by atomic mass is 9.76. The van der Waals surface area contributed by atoms with Gasteiger partial charge >= 0.3 is 0 Å². The van der Waals surface area contributed by atoms with Crippen molar-refractivity contribution in [1.29, 1.82) is 5.26 Å². The van der Waals surface area contributed by atoms with Gasteiger partial charge in [0.25, 0.3) is 0 Å². The Hall–Kier alpha value is -0.770. The van der Waals surface area contributed by atoms with E-state index in [1.54, 1.807) is 0 Å². The summed E-state index contributed by atoms with van der Waals surface area (Å²) >= 11 is 0. The van der Waals surface area contributed by atoms with Gasteiger partial charge in [-0.1, -0.05) is 51.2 Å². The smallest absolute Gasteiger partial charge is 0.0655 e. The van der Waals surface area contributed by atoms with E-state index in [1.807, 2.05) is 0 Å². The first-order chi connectivity index (χ1) is 11.8. The zero-order valence-electron chi connectivity index (χ0n) is 16.0. The second kappa shape index (κ2) is 11.7. The van der Waals surface area contributed by atoms with E-state index in [2.05, 4.69) is 25.1 Å². The number of allylic oxidation sites excluding steroid dienone is 2. The summed E-state index contributed by atoms with van der Waals surface area (Å²) < 4.78 is 0. The molecule has 0 saturated heterocycles. The third kappa shape index (κ3) is 7.42. The molecule has 0 aliphatic heterocycles. The maximum atomic E-state index is 9.00. The van der Waals surface area contributed by atoms with Crippen molar-refractivity contribution in [3.63, 3.8) is 0 Å². The average Bonchev–Trinajstić information content (AvgIpc) is 2.64. The molecule has 1 nitrogen and oxygen atoms in total. The number of hydrogen-bond acceptors (Lipinski definition) is 1. The molecule has 0 atom stereocenters. The lowest BCUT2D eigenvalue weighted by Gasteiger charge is -2.30. The summed E-state index contributed by atoms with van der Waals surface area (Å²) in [5.41, 5.74) is 0. The van der Waals surface area contributed by atoms with E-state index in [1.165, 1.54) is 83.5 Å². The standard InChI is InChI=1S/C23H39N/c1-2-3-4-5-6-7-8-20-9-11-21(12-10-20)13-14-22-15-17-23(19-24)18-16-22/h7-8,20-23H,2-6,9-18H2,1H3/b8-7+/t20-,21-,22-,23-. The van der Waals surface area contributed by atoms with E-state index < -0.39 is 0 Å². The van der Waals surface area contributed by atoms with E-state index in [0.29, 0.717) is 5.92 Å². The maximum absolute atomic E-state index is 9.00. The van der Waals surface area contributed by atoms with Crippen LogP contribution in [0.4, 0.5) is 0 Å². The number of rotatable bonds is 9. The van der Waals surface area contributed by atoms with Crippen LogP contribution in [0.5, 0.6) is 0 Å². The molecule has 0 aromatic carbocycles. The van der Waals surface area contributed by atoms with Crippen LogP contribution in [0.2, 0.25) is 0 Å². The summed E-state index contributed by atoms with van der Waals surface area (Å²) in [5.74, 6) is 3.16. The van der Waals surface area contributed by atoms with Crippen molar-refractivity contribution in [3.05, 3.63) is 12.2 Å². The number of unbranched alkanes of at least 4 members (excludes halogenated alkanes) is 4. The van der Waals surface area contributed by atoms with E-state index in [9.17, 15) is 0 Å². The highest BCUT2D eigenvalue weighted by Crippen LogP contribution is 2.36. The Labute approximate surface area is 150 Å². The minimum atomic E-state index is 0.366. The van der Waals surface area contributed by atoms with Gasteiger partial charge in [-0.2, -0.15) is 5.26 Å². The molecule has 2 aliphatic carbocycles. The van der Waals surface area contributed by atoms with Gasteiger partial charge in [0, 0.05) is 5.92 Å². The molecule has 0 N–H and O–H groups in total. The van der Waals surface area contributed by atoms with Crippen molar-refractivity contribution in [2.45, 2.75) is 103 Å². The fourth-order valence-electron chi connectivity index (χ4n) is 4.70. The van der Waals surface area contributed by atoms with Gasteiger partial charge in [-0.05, 0) is 82.0 Å². The normalized spacial score (nSPS) is 31.2. The van der Waals surface area contributed by atoms with Crippen molar-refractivity contribution in [2.75, 3.05) is 0 Å². The van der Waals surface area contributed by atoms with Gasteiger partial charge < -0.3 is 0 Å². The Kier molecular flexibility index (Phi) is 9.55. The summed E-state index contributed by atoms with van der Waals surface area (Å²) in [5, 5.41) is 9.00. The van der Waals surface area contributed by atoms with E-state index in [0.717, 1.165) is 30.6 Å².